The molecule has 0 aliphatic carbocycles. The standard InChI is InChI=1S/C20H19F2NO3S/c21-15-6-7-18(22)19(12-15)26-14-16-13-23(9-10-25-16)20(24)8-11-27-17-4-2-1-3-5-17/h1-8,11-12,16H,9-10,13-14H2/b11-8+. The molecule has 7 heteroatoms. The summed E-state index contributed by atoms with van der Waals surface area (Å²) in [7, 11) is 0. The van der Waals surface area contributed by atoms with E-state index in [1.807, 2.05) is 30.3 Å². The molecule has 4 nitrogen and oxygen atoms in total. The van der Waals surface area contributed by atoms with Crippen LogP contribution in [0.3, 0.4) is 0 Å². The SMILES string of the molecule is O=C(/C=C/Sc1ccccc1)N1CCOC(COc2cc(F)ccc2F)C1. The third kappa shape index (κ3) is 5.80. The Kier molecular flexibility index (Phi) is 6.84. The van der Waals surface area contributed by atoms with Crippen LogP contribution in [-0.2, 0) is 9.53 Å². The Balaban J connectivity index is 1.49. The highest BCUT2D eigenvalue weighted by molar-refractivity contribution is 8.02. The van der Waals surface area contributed by atoms with Crippen LogP contribution < -0.4 is 4.74 Å². The van der Waals surface area contributed by atoms with Gasteiger partial charge < -0.3 is 14.4 Å². The summed E-state index contributed by atoms with van der Waals surface area (Å²) in [6.07, 6.45) is 1.12. The van der Waals surface area contributed by atoms with Crippen molar-refractivity contribution in [2.45, 2.75) is 11.0 Å². The highest BCUT2D eigenvalue weighted by Crippen LogP contribution is 2.20. The van der Waals surface area contributed by atoms with Crippen LogP contribution in [0.4, 0.5) is 8.78 Å². The van der Waals surface area contributed by atoms with Crippen molar-refractivity contribution < 1.29 is 23.0 Å². The van der Waals surface area contributed by atoms with Crippen molar-refractivity contribution in [3.63, 3.8) is 0 Å². The van der Waals surface area contributed by atoms with E-state index in [-0.39, 0.29) is 18.3 Å². The van der Waals surface area contributed by atoms with Crippen molar-refractivity contribution in [2.75, 3.05) is 26.3 Å². The molecule has 1 heterocycles. The summed E-state index contributed by atoms with van der Waals surface area (Å²) >= 11 is 1.46. The molecule has 0 N–H and O–H groups in total. The lowest BCUT2D eigenvalue weighted by Gasteiger charge is -2.32. The lowest BCUT2D eigenvalue weighted by molar-refractivity contribution is -0.134. The molecule has 0 radical (unpaired) electrons. The normalized spacial score (nSPS) is 17.3. The van der Waals surface area contributed by atoms with Crippen molar-refractivity contribution in [3.05, 3.63) is 71.6 Å². The predicted octanol–water partition coefficient (Wildman–Crippen LogP) is 3.88. The molecule has 2 aromatic rings. The monoisotopic (exact) mass is 391 g/mol. The molecule has 1 amide bonds. The van der Waals surface area contributed by atoms with E-state index in [0.29, 0.717) is 19.7 Å². The Labute approximate surface area is 160 Å². The first-order valence-corrected chi connectivity index (χ1v) is 9.36. The Morgan fingerprint density at radius 3 is 2.89 bits per heavy atom. The number of amides is 1. The van der Waals surface area contributed by atoms with Crippen LogP contribution in [0.2, 0.25) is 0 Å². The fraction of sp³-hybridized carbons (Fsp3) is 0.250. The minimum atomic E-state index is -0.638. The number of ether oxygens (including phenoxy) is 2. The van der Waals surface area contributed by atoms with Crippen LogP contribution in [0.25, 0.3) is 0 Å². The first-order valence-electron chi connectivity index (χ1n) is 8.48. The van der Waals surface area contributed by atoms with E-state index in [0.717, 1.165) is 23.1 Å². The smallest absolute Gasteiger partial charge is 0.247 e. The molecule has 142 valence electrons. The van der Waals surface area contributed by atoms with Gasteiger partial charge in [0.25, 0.3) is 0 Å². The van der Waals surface area contributed by atoms with Crippen LogP contribution in [0.15, 0.2) is 64.9 Å². The first kappa shape index (κ1) is 19.4. The summed E-state index contributed by atoms with van der Waals surface area (Å²) in [6, 6.07) is 12.8. The molecule has 1 fully saturated rings. The van der Waals surface area contributed by atoms with Gasteiger partial charge >= 0.3 is 0 Å². The van der Waals surface area contributed by atoms with Gasteiger partial charge in [-0.2, -0.15) is 0 Å². The summed E-state index contributed by atoms with van der Waals surface area (Å²) in [5.74, 6) is -1.50. The van der Waals surface area contributed by atoms with E-state index in [4.69, 9.17) is 9.47 Å². The first-order chi connectivity index (χ1) is 13.1. The van der Waals surface area contributed by atoms with Crippen molar-refractivity contribution >= 4 is 17.7 Å². The largest absolute Gasteiger partial charge is 0.488 e. The van der Waals surface area contributed by atoms with Crippen molar-refractivity contribution in [2.24, 2.45) is 0 Å². The predicted molar refractivity (Wildman–Crippen MR) is 99.6 cm³/mol. The van der Waals surface area contributed by atoms with Crippen molar-refractivity contribution in [1.29, 1.82) is 0 Å². The molecule has 1 saturated heterocycles. The minimum Gasteiger partial charge on any atom is -0.488 e. The van der Waals surface area contributed by atoms with Crippen LogP contribution in [0, 0.1) is 11.6 Å². The maximum Gasteiger partial charge on any atom is 0.247 e. The molecular weight excluding hydrogens is 372 g/mol. The number of hydrogen-bond acceptors (Lipinski definition) is 4. The highest BCUT2D eigenvalue weighted by Gasteiger charge is 2.24. The average molecular weight is 391 g/mol. The van der Waals surface area contributed by atoms with E-state index in [1.165, 1.54) is 17.8 Å². The maximum absolute atomic E-state index is 13.6. The molecule has 1 atom stereocenters. The summed E-state index contributed by atoms with van der Waals surface area (Å²) < 4.78 is 37.7. The molecule has 1 aliphatic rings. The van der Waals surface area contributed by atoms with Gasteiger partial charge in [-0.25, -0.2) is 8.78 Å². The summed E-state index contributed by atoms with van der Waals surface area (Å²) in [6.45, 7) is 1.21. The summed E-state index contributed by atoms with van der Waals surface area (Å²) in [5, 5.41) is 1.75. The average Bonchev–Trinajstić information content (AvgIpc) is 2.69. The number of morpholine rings is 1. The van der Waals surface area contributed by atoms with Gasteiger partial charge in [0, 0.05) is 23.6 Å². The van der Waals surface area contributed by atoms with Crippen molar-refractivity contribution in [3.8, 4) is 5.75 Å². The van der Waals surface area contributed by atoms with Crippen LogP contribution in [0.5, 0.6) is 5.75 Å². The lowest BCUT2D eigenvalue weighted by Crippen LogP contribution is -2.47. The maximum atomic E-state index is 13.6. The van der Waals surface area contributed by atoms with E-state index >= 15 is 0 Å². The van der Waals surface area contributed by atoms with Gasteiger partial charge in [0.2, 0.25) is 5.91 Å². The number of carbonyl (C=O) groups excluding carboxylic acids is 1. The Morgan fingerprint density at radius 1 is 1.26 bits per heavy atom. The van der Waals surface area contributed by atoms with Crippen molar-refractivity contribution in [1.82, 2.24) is 4.90 Å². The third-order valence-corrected chi connectivity index (χ3v) is 4.74. The van der Waals surface area contributed by atoms with Crippen LogP contribution in [-0.4, -0.2) is 43.2 Å². The molecule has 0 saturated carbocycles. The topological polar surface area (TPSA) is 38.8 Å². The van der Waals surface area contributed by atoms with Gasteiger partial charge in [-0.15, -0.1) is 0 Å². The van der Waals surface area contributed by atoms with E-state index < -0.39 is 17.7 Å². The Bertz CT molecular complexity index is 801. The number of carbonyl (C=O) groups is 1. The second kappa shape index (κ2) is 9.53. The molecule has 0 aromatic heterocycles. The minimum absolute atomic E-state index is 0.0344. The van der Waals surface area contributed by atoms with Crippen LogP contribution >= 0.6 is 11.8 Å². The second-order valence-corrected chi connectivity index (χ2v) is 6.88. The number of nitrogens with zero attached hydrogens (tertiary/aromatic N) is 1. The van der Waals surface area contributed by atoms with Gasteiger partial charge in [-0.05, 0) is 29.7 Å². The fourth-order valence-corrected chi connectivity index (χ4v) is 3.22. The molecule has 3 rings (SSSR count). The summed E-state index contributed by atoms with van der Waals surface area (Å²) in [4.78, 5) is 15.0. The van der Waals surface area contributed by atoms with Gasteiger partial charge in [0.1, 0.15) is 18.5 Å². The molecule has 0 spiro atoms. The van der Waals surface area contributed by atoms with Gasteiger partial charge in [0.05, 0.1) is 13.2 Å². The molecule has 27 heavy (non-hydrogen) atoms. The molecule has 1 aliphatic heterocycles. The number of rotatable bonds is 6. The molecular formula is C20H19F2NO3S. The molecule has 2 aromatic carbocycles. The third-order valence-electron chi connectivity index (χ3n) is 3.93. The summed E-state index contributed by atoms with van der Waals surface area (Å²) in [5.41, 5.74) is 0. The van der Waals surface area contributed by atoms with E-state index in [9.17, 15) is 13.6 Å². The zero-order chi connectivity index (χ0) is 19.1. The van der Waals surface area contributed by atoms with E-state index in [1.54, 1.807) is 10.3 Å². The number of hydrogen-bond donors (Lipinski definition) is 0. The number of thioether (sulfide) groups is 1. The fourth-order valence-electron chi connectivity index (χ4n) is 2.57. The highest BCUT2D eigenvalue weighted by atomic mass is 32.2. The second-order valence-electron chi connectivity index (χ2n) is 5.90. The van der Waals surface area contributed by atoms with Gasteiger partial charge in [-0.3, -0.25) is 4.79 Å². The number of halogens is 2. The Hall–Kier alpha value is -2.38. The molecule has 0 bridgehead atoms. The van der Waals surface area contributed by atoms with Crippen LogP contribution in [0.1, 0.15) is 0 Å². The lowest BCUT2D eigenvalue weighted by atomic mass is 10.2. The zero-order valence-corrected chi connectivity index (χ0v) is 15.3. The zero-order valence-electron chi connectivity index (χ0n) is 14.5. The van der Waals surface area contributed by atoms with E-state index in [2.05, 4.69) is 0 Å². The Morgan fingerprint density at radius 2 is 2.07 bits per heavy atom. The number of benzene rings is 2. The van der Waals surface area contributed by atoms with Gasteiger partial charge in [-0.1, -0.05) is 30.0 Å². The quantitative estimate of drug-likeness (QED) is 0.553. The molecule has 1 unspecified atom stereocenters. The van der Waals surface area contributed by atoms with Gasteiger partial charge in [0.15, 0.2) is 11.6 Å².